The third-order valence-electron chi connectivity index (χ3n) is 5.64. The topological polar surface area (TPSA) is 58.6 Å². The molecular formula is C25H25FN2O3S2. The van der Waals surface area contributed by atoms with Crippen LogP contribution in [0.4, 0.5) is 10.1 Å². The van der Waals surface area contributed by atoms with Crippen LogP contribution in [0.25, 0.3) is 6.08 Å². The summed E-state index contributed by atoms with van der Waals surface area (Å²) in [5.41, 5.74) is 0.947. The van der Waals surface area contributed by atoms with Gasteiger partial charge in [0.25, 0.3) is 5.91 Å². The smallest absolute Gasteiger partial charge is 0.266 e. The van der Waals surface area contributed by atoms with Crippen LogP contribution in [-0.2, 0) is 9.59 Å². The SMILES string of the molecule is O=C(CCN1C(=O)/C(=C/c2ccccc2OC2CCCCC2)SC1=S)Nc1ccccc1F. The summed E-state index contributed by atoms with van der Waals surface area (Å²) in [5.74, 6) is -0.368. The highest BCUT2D eigenvalue weighted by molar-refractivity contribution is 8.26. The number of para-hydroxylation sites is 2. The average Bonchev–Trinajstić information content (AvgIpc) is 3.08. The maximum absolute atomic E-state index is 13.7. The number of hydrogen-bond acceptors (Lipinski definition) is 5. The van der Waals surface area contributed by atoms with Crippen LogP contribution < -0.4 is 10.1 Å². The fourth-order valence-corrected chi connectivity index (χ4v) is 5.19. The number of rotatable bonds is 7. The second-order valence-corrected chi connectivity index (χ2v) is 9.70. The van der Waals surface area contributed by atoms with Crippen LogP contribution in [-0.4, -0.2) is 33.7 Å². The summed E-state index contributed by atoms with van der Waals surface area (Å²) < 4.78 is 20.4. The van der Waals surface area contributed by atoms with Gasteiger partial charge >= 0.3 is 0 Å². The van der Waals surface area contributed by atoms with Crippen LogP contribution in [0.3, 0.4) is 0 Å². The quantitative estimate of drug-likeness (QED) is 0.400. The van der Waals surface area contributed by atoms with Gasteiger partial charge in [-0.3, -0.25) is 14.5 Å². The summed E-state index contributed by atoms with van der Waals surface area (Å²) in [6, 6.07) is 13.6. The molecule has 172 valence electrons. The Balaban J connectivity index is 1.40. The molecule has 0 bridgehead atoms. The summed E-state index contributed by atoms with van der Waals surface area (Å²) in [4.78, 5) is 27.1. The molecule has 8 heteroatoms. The first-order valence-corrected chi connectivity index (χ1v) is 12.3. The number of thiocarbonyl (C=S) groups is 1. The number of nitrogens with zero attached hydrogens (tertiary/aromatic N) is 1. The third kappa shape index (κ3) is 6.00. The highest BCUT2D eigenvalue weighted by atomic mass is 32.2. The summed E-state index contributed by atoms with van der Waals surface area (Å²) >= 11 is 6.59. The molecule has 5 nitrogen and oxygen atoms in total. The van der Waals surface area contributed by atoms with Gasteiger partial charge in [-0.15, -0.1) is 0 Å². The van der Waals surface area contributed by atoms with E-state index < -0.39 is 5.82 Å². The van der Waals surface area contributed by atoms with E-state index in [1.165, 1.54) is 48.1 Å². The Bertz CT molecular complexity index is 1080. The van der Waals surface area contributed by atoms with E-state index >= 15 is 0 Å². The lowest BCUT2D eigenvalue weighted by atomic mass is 9.97. The van der Waals surface area contributed by atoms with E-state index in [-0.39, 0.29) is 36.6 Å². The van der Waals surface area contributed by atoms with E-state index in [1.54, 1.807) is 18.2 Å². The zero-order chi connectivity index (χ0) is 23.2. The Morgan fingerprint density at radius 3 is 2.67 bits per heavy atom. The van der Waals surface area contributed by atoms with Crippen molar-refractivity contribution in [2.45, 2.75) is 44.6 Å². The lowest BCUT2D eigenvalue weighted by Crippen LogP contribution is -2.31. The minimum Gasteiger partial charge on any atom is -0.490 e. The molecule has 0 unspecified atom stereocenters. The van der Waals surface area contributed by atoms with Crippen LogP contribution in [0.1, 0.15) is 44.1 Å². The van der Waals surface area contributed by atoms with E-state index in [4.69, 9.17) is 17.0 Å². The third-order valence-corrected chi connectivity index (χ3v) is 7.01. The van der Waals surface area contributed by atoms with Crippen LogP contribution in [0.15, 0.2) is 53.4 Å². The fraction of sp³-hybridized carbons (Fsp3) is 0.320. The van der Waals surface area contributed by atoms with Crippen LogP contribution in [0.5, 0.6) is 5.75 Å². The predicted octanol–water partition coefficient (Wildman–Crippen LogP) is 5.77. The van der Waals surface area contributed by atoms with Gasteiger partial charge in [0.2, 0.25) is 5.91 Å². The molecule has 2 aromatic carbocycles. The largest absolute Gasteiger partial charge is 0.490 e. The number of thioether (sulfide) groups is 1. The molecule has 1 saturated heterocycles. The monoisotopic (exact) mass is 484 g/mol. The molecule has 0 aromatic heterocycles. The molecule has 2 fully saturated rings. The molecule has 1 heterocycles. The van der Waals surface area contributed by atoms with Gasteiger partial charge in [0.1, 0.15) is 15.9 Å². The normalized spacial score (nSPS) is 18.1. The number of carbonyl (C=O) groups excluding carboxylic acids is 2. The van der Waals surface area contributed by atoms with Crippen molar-refractivity contribution in [3.8, 4) is 5.75 Å². The predicted molar refractivity (Wildman–Crippen MR) is 133 cm³/mol. The molecule has 33 heavy (non-hydrogen) atoms. The van der Waals surface area contributed by atoms with Gasteiger partial charge in [-0.05, 0) is 50.0 Å². The molecule has 2 aromatic rings. The fourth-order valence-electron chi connectivity index (χ4n) is 3.89. The molecule has 2 amide bonds. The van der Waals surface area contributed by atoms with Gasteiger partial charge in [0, 0.05) is 18.5 Å². The number of ether oxygens (including phenoxy) is 1. The average molecular weight is 485 g/mol. The van der Waals surface area contributed by atoms with Crippen molar-refractivity contribution in [3.63, 3.8) is 0 Å². The summed E-state index contributed by atoms with van der Waals surface area (Å²) in [7, 11) is 0. The van der Waals surface area contributed by atoms with Gasteiger partial charge in [-0.2, -0.15) is 0 Å². The number of nitrogens with one attached hydrogen (secondary N) is 1. The van der Waals surface area contributed by atoms with Crippen molar-refractivity contribution in [1.29, 1.82) is 0 Å². The molecule has 2 aliphatic rings. The highest BCUT2D eigenvalue weighted by Crippen LogP contribution is 2.35. The van der Waals surface area contributed by atoms with E-state index in [9.17, 15) is 14.0 Å². The second kappa shape index (κ2) is 10.9. The number of anilines is 1. The van der Waals surface area contributed by atoms with Crippen LogP contribution in [0, 0.1) is 5.82 Å². The molecule has 1 saturated carbocycles. The number of carbonyl (C=O) groups is 2. The first-order valence-electron chi connectivity index (χ1n) is 11.1. The van der Waals surface area contributed by atoms with E-state index in [2.05, 4.69) is 5.32 Å². The van der Waals surface area contributed by atoms with Crippen molar-refractivity contribution in [2.75, 3.05) is 11.9 Å². The van der Waals surface area contributed by atoms with E-state index in [1.807, 2.05) is 24.3 Å². The van der Waals surface area contributed by atoms with Gasteiger partial charge in [-0.1, -0.05) is 60.7 Å². The maximum Gasteiger partial charge on any atom is 0.266 e. The molecular weight excluding hydrogens is 459 g/mol. The minimum absolute atomic E-state index is 0.00936. The first-order chi connectivity index (χ1) is 16.0. The van der Waals surface area contributed by atoms with Crippen molar-refractivity contribution in [2.24, 2.45) is 0 Å². The maximum atomic E-state index is 13.7. The number of amides is 2. The molecule has 0 atom stereocenters. The lowest BCUT2D eigenvalue weighted by Gasteiger charge is -2.23. The number of halogens is 1. The van der Waals surface area contributed by atoms with Crippen molar-refractivity contribution < 1.29 is 18.7 Å². The second-order valence-electron chi connectivity index (χ2n) is 8.03. The van der Waals surface area contributed by atoms with E-state index in [0.29, 0.717) is 9.23 Å². The Morgan fingerprint density at radius 2 is 1.88 bits per heavy atom. The zero-order valence-electron chi connectivity index (χ0n) is 18.1. The number of benzene rings is 2. The minimum atomic E-state index is -0.506. The first kappa shape index (κ1) is 23.4. The molecule has 0 radical (unpaired) electrons. The van der Waals surface area contributed by atoms with Gasteiger partial charge in [-0.25, -0.2) is 4.39 Å². The van der Waals surface area contributed by atoms with Gasteiger partial charge in [0.15, 0.2) is 0 Å². The Hall–Kier alpha value is -2.71. The highest BCUT2D eigenvalue weighted by Gasteiger charge is 2.32. The zero-order valence-corrected chi connectivity index (χ0v) is 19.7. The molecule has 1 aliphatic heterocycles. The summed E-state index contributed by atoms with van der Waals surface area (Å²) in [6.45, 7) is 0.127. The van der Waals surface area contributed by atoms with Crippen LogP contribution in [0.2, 0.25) is 0 Å². The van der Waals surface area contributed by atoms with Gasteiger partial charge in [0.05, 0.1) is 16.7 Å². The van der Waals surface area contributed by atoms with Crippen LogP contribution >= 0.6 is 24.0 Å². The summed E-state index contributed by atoms with van der Waals surface area (Å²) in [6.07, 6.45) is 7.72. The Morgan fingerprint density at radius 1 is 1.15 bits per heavy atom. The standard InChI is InChI=1S/C25H25FN2O3S2/c26-19-11-5-6-12-20(19)27-23(29)14-15-28-24(30)22(33-25(28)32)16-17-8-4-7-13-21(17)31-18-9-2-1-3-10-18/h4-8,11-13,16,18H,1-3,9-10,14-15H2,(H,27,29)/b22-16-. The molecule has 4 rings (SSSR count). The number of hydrogen-bond donors (Lipinski definition) is 1. The van der Waals surface area contributed by atoms with Crippen molar-refractivity contribution >= 4 is 51.9 Å². The molecule has 0 spiro atoms. The summed E-state index contributed by atoms with van der Waals surface area (Å²) in [5, 5.41) is 2.53. The molecule has 1 N–H and O–H groups in total. The molecule has 1 aliphatic carbocycles. The van der Waals surface area contributed by atoms with Crippen molar-refractivity contribution in [1.82, 2.24) is 4.90 Å². The van der Waals surface area contributed by atoms with E-state index in [0.717, 1.165) is 24.2 Å². The lowest BCUT2D eigenvalue weighted by molar-refractivity contribution is -0.122. The van der Waals surface area contributed by atoms with Crippen molar-refractivity contribution in [3.05, 3.63) is 64.8 Å². The Kier molecular flexibility index (Phi) is 7.77. The van der Waals surface area contributed by atoms with Gasteiger partial charge < -0.3 is 10.1 Å². The Labute approximate surface area is 202 Å².